The van der Waals surface area contributed by atoms with Crippen LogP contribution in [0.2, 0.25) is 0 Å². The summed E-state index contributed by atoms with van der Waals surface area (Å²) in [6.07, 6.45) is -4.25. The first-order valence-corrected chi connectivity index (χ1v) is 9.47. The van der Waals surface area contributed by atoms with Crippen LogP contribution in [0.1, 0.15) is 35.6 Å². The average Bonchev–Trinajstić information content (AvgIpc) is 2.72. The van der Waals surface area contributed by atoms with Gasteiger partial charge in [-0.3, -0.25) is 0 Å². The Morgan fingerprint density at radius 3 is 2.52 bits per heavy atom. The predicted octanol–water partition coefficient (Wildman–Crippen LogP) is 5.81. The summed E-state index contributed by atoms with van der Waals surface area (Å²) in [5.74, 6) is 0. The second kappa shape index (κ2) is 10.6. The molecule has 0 spiro atoms. The molecule has 0 saturated heterocycles. The third-order valence-corrected chi connectivity index (χ3v) is 4.43. The summed E-state index contributed by atoms with van der Waals surface area (Å²) in [5.41, 5.74) is 1.32. The minimum atomic E-state index is -4.50. The number of hydrogen-bond acceptors (Lipinski definition) is 5. The number of amides is 2. The second-order valence-corrected chi connectivity index (χ2v) is 6.55. The van der Waals surface area contributed by atoms with Crippen LogP contribution in [0, 0.1) is 6.92 Å². The van der Waals surface area contributed by atoms with Crippen molar-refractivity contribution in [2.24, 2.45) is 15.5 Å². The summed E-state index contributed by atoms with van der Waals surface area (Å²) < 4.78 is 40.0. The third-order valence-electron chi connectivity index (χ3n) is 4.43. The van der Waals surface area contributed by atoms with Gasteiger partial charge in [0.25, 0.3) is 0 Å². The lowest BCUT2D eigenvalue weighted by Gasteiger charge is -2.16. The van der Waals surface area contributed by atoms with Crippen molar-refractivity contribution in [1.29, 1.82) is 0 Å². The number of carbonyl (C=O) groups excluding carboxylic acids is 1. The Bertz CT molecular complexity index is 974. The lowest BCUT2D eigenvalue weighted by Crippen LogP contribution is -2.27. The molecule has 0 aliphatic heterocycles. The molecule has 2 rings (SSSR count). The molecule has 0 aliphatic rings. The standard InChI is InChI=1S/C21H24F3N5O2/c1-5-18(15-10-6-7-11-17(15)21(22,23)24)27-31-13-16-14(2)9-8-12-19(16)26-20(30)29(4)28-25-3/h6-12H,5,13H2,1-4H3,(H,26,30)/b27-18-,28-25?. The smallest absolute Gasteiger partial charge is 0.391 e. The summed E-state index contributed by atoms with van der Waals surface area (Å²) in [7, 11) is 2.89. The fraction of sp³-hybridized carbons (Fsp3) is 0.333. The minimum Gasteiger partial charge on any atom is -0.391 e. The van der Waals surface area contributed by atoms with Crippen LogP contribution in [-0.4, -0.2) is 30.8 Å². The zero-order valence-electron chi connectivity index (χ0n) is 17.7. The van der Waals surface area contributed by atoms with Crippen molar-refractivity contribution in [3.05, 3.63) is 64.7 Å². The van der Waals surface area contributed by atoms with Crippen molar-refractivity contribution in [2.45, 2.75) is 33.1 Å². The summed E-state index contributed by atoms with van der Waals surface area (Å²) in [6.45, 7) is 3.49. The number of urea groups is 1. The van der Waals surface area contributed by atoms with E-state index in [0.717, 1.165) is 16.6 Å². The van der Waals surface area contributed by atoms with Crippen molar-refractivity contribution in [3.63, 3.8) is 0 Å². The van der Waals surface area contributed by atoms with Crippen LogP contribution in [0.3, 0.4) is 0 Å². The highest BCUT2D eigenvalue weighted by atomic mass is 19.4. The molecule has 0 bridgehead atoms. The number of nitrogens with zero attached hydrogens (tertiary/aromatic N) is 4. The van der Waals surface area contributed by atoms with E-state index in [4.69, 9.17) is 4.84 Å². The molecule has 2 aromatic carbocycles. The Morgan fingerprint density at radius 2 is 1.87 bits per heavy atom. The maximum atomic E-state index is 13.3. The average molecular weight is 435 g/mol. The van der Waals surface area contributed by atoms with Gasteiger partial charge in [0.15, 0.2) is 0 Å². The number of halogens is 3. The van der Waals surface area contributed by atoms with Gasteiger partial charge >= 0.3 is 12.2 Å². The van der Waals surface area contributed by atoms with Crippen molar-refractivity contribution >= 4 is 17.4 Å². The number of carbonyl (C=O) groups is 1. The van der Waals surface area contributed by atoms with Gasteiger partial charge in [-0.15, -0.1) is 0 Å². The molecule has 2 aromatic rings. The van der Waals surface area contributed by atoms with Gasteiger partial charge in [-0.1, -0.05) is 47.6 Å². The van der Waals surface area contributed by atoms with Gasteiger partial charge in [-0.25, -0.2) is 4.79 Å². The molecule has 0 unspecified atom stereocenters. The first kappa shape index (κ1) is 23.8. The summed E-state index contributed by atoms with van der Waals surface area (Å²) in [5, 5.41) is 14.9. The molecule has 7 nitrogen and oxygen atoms in total. The monoisotopic (exact) mass is 435 g/mol. The number of nitrogens with one attached hydrogen (secondary N) is 1. The Morgan fingerprint density at radius 1 is 1.16 bits per heavy atom. The molecular formula is C21H24F3N5O2. The highest BCUT2D eigenvalue weighted by Gasteiger charge is 2.34. The van der Waals surface area contributed by atoms with Crippen LogP contribution in [0.5, 0.6) is 0 Å². The van der Waals surface area contributed by atoms with E-state index < -0.39 is 17.8 Å². The maximum Gasteiger partial charge on any atom is 0.417 e. The number of oxime groups is 1. The van der Waals surface area contributed by atoms with Gasteiger partial charge in [0, 0.05) is 23.9 Å². The molecule has 10 heteroatoms. The van der Waals surface area contributed by atoms with E-state index in [1.165, 1.54) is 32.3 Å². The quantitative estimate of drug-likeness (QED) is 0.339. The van der Waals surface area contributed by atoms with Crippen molar-refractivity contribution in [3.8, 4) is 0 Å². The zero-order chi connectivity index (χ0) is 23.0. The van der Waals surface area contributed by atoms with Crippen LogP contribution in [0.15, 0.2) is 58.0 Å². The Labute approximate surface area is 178 Å². The molecule has 0 aliphatic carbocycles. The normalized spacial score (nSPS) is 12.2. The van der Waals surface area contributed by atoms with E-state index in [2.05, 4.69) is 20.8 Å². The van der Waals surface area contributed by atoms with Gasteiger partial charge in [-0.2, -0.15) is 23.3 Å². The number of benzene rings is 2. The van der Waals surface area contributed by atoms with Crippen molar-refractivity contribution in [1.82, 2.24) is 5.01 Å². The van der Waals surface area contributed by atoms with Gasteiger partial charge in [-0.05, 0) is 31.0 Å². The molecular weight excluding hydrogens is 411 g/mol. The topological polar surface area (TPSA) is 78.6 Å². The molecule has 0 fully saturated rings. The SMILES string of the molecule is CC/C(=N/OCc1c(C)cccc1NC(=O)N(C)N=NC)c1ccccc1C(F)(F)F. The van der Waals surface area contributed by atoms with E-state index in [1.807, 2.05) is 13.0 Å². The first-order chi connectivity index (χ1) is 14.7. The van der Waals surface area contributed by atoms with E-state index >= 15 is 0 Å². The summed E-state index contributed by atoms with van der Waals surface area (Å²) in [4.78, 5) is 17.6. The number of anilines is 1. The Hall–Kier alpha value is -3.43. The van der Waals surface area contributed by atoms with Crippen LogP contribution in [0.4, 0.5) is 23.7 Å². The zero-order valence-corrected chi connectivity index (χ0v) is 17.7. The molecule has 166 valence electrons. The molecule has 0 saturated carbocycles. The fourth-order valence-electron chi connectivity index (χ4n) is 2.84. The van der Waals surface area contributed by atoms with Gasteiger partial charge < -0.3 is 10.2 Å². The number of hydrogen-bond donors (Lipinski definition) is 1. The maximum absolute atomic E-state index is 13.3. The van der Waals surface area contributed by atoms with Gasteiger partial charge in [0.05, 0.1) is 18.3 Å². The molecule has 2 amide bonds. The van der Waals surface area contributed by atoms with E-state index in [1.54, 1.807) is 19.1 Å². The lowest BCUT2D eigenvalue weighted by molar-refractivity contribution is -0.137. The molecule has 0 atom stereocenters. The highest BCUT2D eigenvalue weighted by molar-refractivity contribution is 6.01. The fourth-order valence-corrected chi connectivity index (χ4v) is 2.84. The molecule has 0 radical (unpaired) electrons. The van der Waals surface area contributed by atoms with E-state index in [0.29, 0.717) is 11.3 Å². The Kier molecular flexibility index (Phi) is 8.12. The van der Waals surface area contributed by atoms with Gasteiger partial charge in [0.2, 0.25) is 0 Å². The molecule has 0 aromatic heterocycles. The Balaban J connectivity index is 2.25. The predicted molar refractivity (Wildman–Crippen MR) is 112 cm³/mol. The van der Waals surface area contributed by atoms with Crippen LogP contribution in [-0.2, 0) is 17.6 Å². The summed E-state index contributed by atoms with van der Waals surface area (Å²) >= 11 is 0. The highest BCUT2D eigenvalue weighted by Crippen LogP contribution is 2.32. The lowest BCUT2D eigenvalue weighted by atomic mass is 10.0. The summed E-state index contributed by atoms with van der Waals surface area (Å²) in [6, 6.07) is 10.0. The van der Waals surface area contributed by atoms with Gasteiger partial charge in [0.1, 0.15) is 6.61 Å². The van der Waals surface area contributed by atoms with Crippen LogP contribution in [0.25, 0.3) is 0 Å². The second-order valence-electron chi connectivity index (χ2n) is 6.55. The largest absolute Gasteiger partial charge is 0.417 e. The molecule has 31 heavy (non-hydrogen) atoms. The minimum absolute atomic E-state index is 0.0256. The number of rotatable bonds is 7. The van der Waals surface area contributed by atoms with E-state index in [-0.39, 0.29) is 24.3 Å². The first-order valence-electron chi connectivity index (χ1n) is 9.47. The van der Waals surface area contributed by atoms with Crippen molar-refractivity contribution in [2.75, 3.05) is 19.4 Å². The van der Waals surface area contributed by atoms with Crippen LogP contribution < -0.4 is 5.32 Å². The molecule has 0 heterocycles. The van der Waals surface area contributed by atoms with Crippen LogP contribution >= 0.6 is 0 Å². The third kappa shape index (κ3) is 6.27. The van der Waals surface area contributed by atoms with Crippen molar-refractivity contribution < 1.29 is 22.8 Å². The molecule has 1 N–H and O–H groups in total. The number of alkyl halides is 3. The van der Waals surface area contributed by atoms with E-state index in [9.17, 15) is 18.0 Å². The number of aryl methyl sites for hydroxylation is 1.